The Balaban J connectivity index is 0.000000183. The van der Waals surface area contributed by atoms with E-state index in [4.69, 9.17) is 4.55 Å². The summed E-state index contributed by atoms with van der Waals surface area (Å²) in [5.74, 6) is 0.902. The Hall–Kier alpha value is -4.77. The van der Waals surface area contributed by atoms with Gasteiger partial charge in [-0.3, -0.25) is 14.3 Å². The zero-order valence-electron chi connectivity index (χ0n) is 25.9. The van der Waals surface area contributed by atoms with Crippen LogP contribution in [0.2, 0.25) is 0 Å². The number of fused-ring (bicyclic) bond motifs is 6. The number of aliphatic hydroxyl groups is 1. The van der Waals surface area contributed by atoms with Crippen molar-refractivity contribution in [2.75, 3.05) is 14.1 Å². The highest BCUT2D eigenvalue weighted by Gasteiger charge is 2.23. The Kier molecular flexibility index (Phi) is 10.0. The molecule has 0 saturated carbocycles. The monoisotopic (exact) mass is 636 g/mol. The van der Waals surface area contributed by atoms with Crippen LogP contribution >= 0.6 is 0 Å². The largest absolute Gasteiger partial charge is 0.385 e. The standard InChI is InChI=1S/C24H22N2O.C9H7NO3S.C3H7NO/c1-15(27)24-25-13-12-23(26-24)18-8-9-20-17(14-18)7-11-21-19-5-3-2-4-16(19)6-10-22(20)21;11-14(12,13)9-2-1-7-3-4-10-6-8(7)5-9;1-4(2)3-5/h2-7,10-13,15,18,27H,8-9,14H2,1H3;1-6H,(H,11,12,13);3H,1-2H3/t15?,18-;;/m1../s1. The van der Waals surface area contributed by atoms with Gasteiger partial charge in [-0.05, 0) is 88.5 Å². The van der Waals surface area contributed by atoms with Crippen LogP contribution in [0, 0.1) is 0 Å². The second-order valence-electron chi connectivity index (χ2n) is 11.5. The van der Waals surface area contributed by atoms with Gasteiger partial charge in [-0.25, -0.2) is 9.97 Å². The van der Waals surface area contributed by atoms with E-state index in [-0.39, 0.29) is 4.90 Å². The Bertz CT molecular complexity index is 2120. The predicted molar refractivity (Wildman–Crippen MR) is 180 cm³/mol. The normalized spacial score (nSPS) is 14.8. The molecule has 46 heavy (non-hydrogen) atoms. The number of hydrogen-bond acceptors (Lipinski definition) is 7. The van der Waals surface area contributed by atoms with Crippen LogP contribution in [0.15, 0.2) is 102 Å². The van der Waals surface area contributed by atoms with E-state index in [1.807, 2.05) is 6.07 Å². The molecule has 2 aromatic heterocycles. The molecule has 1 unspecified atom stereocenters. The van der Waals surface area contributed by atoms with Crippen molar-refractivity contribution < 1.29 is 22.9 Å². The number of aryl methyl sites for hydroxylation is 1. The summed E-state index contributed by atoms with van der Waals surface area (Å²) in [7, 11) is -0.747. The lowest BCUT2D eigenvalue weighted by atomic mass is 9.79. The van der Waals surface area contributed by atoms with Crippen LogP contribution in [0.5, 0.6) is 0 Å². The average Bonchev–Trinajstić information content (AvgIpc) is 3.07. The zero-order chi connectivity index (χ0) is 32.8. The fourth-order valence-electron chi connectivity index (χ4n) is 5.66. The third-order valence-corrected chi connectivity index (χ3v) is 8.80. The van der Waals surface area contributed by atoms with Gasteiger partial charge in [0.05, 0.1) is 4.90 Å². The molecule has 236 valence electrons. The van der Waals surface area contributed by atoms with Crippen LogP contribution in [0.25, 0.3) is 32.3 Å². The summed E-state index contributed by atoms with van der Waals surface area (Å²) in [6.45, 7) is 1.71. The molecule has 6 aromatic rings. The first kappa shape index (κ1) is 32.6. The van der Waals surface area contributed by atoms with E-state index < -0.39 is 16.2 Å². The molecular weight excluding hydrogens is 600 g/mol. The van der Waals surface area contributed by atoms with Crippen LogP contribution in [-0.2, 0) is 27.8 Å². The van der Waals surface area contributed by atoms with Crippen LogP contribution in [0.3, 0.4) is 0 Å². The van der Waals surface area contributed by atoms with E-state index in [9.17, 15) is 18.3 Å². The smallest absolute Gasteiger partial charge is 0.294 e. The van der Waals surface area contributed by atoms with Crippen LogP contribution in [0.1, 0.15) is 48.0 Å². The maximum absolute atomic E-state index is 10.8. The number of aromatic nitrogens is 3. The summed E-state index contributed by atoms with van der Waals surface area (Å²) < 4.78 is 30.4. The molecule has 1 aliphatic rings. The summed E-state index contributed by atoms with van der Waals surface area (Å²) in [4.78, 5) is 23.4. The molecule has 0 saturated heterocycles. The van der Waals surface area contributed by atoms with Crippen LogP contribution in [-0.4, -0.2) is 58.4 Å². The second kappa shape index (κ2) is 14.1. The SMILES string of the molecule is CC(O)c1nccc([C@@H]2CCc3c(ccc4c3ccc3ccccc34)C2)n1.CN(C)C=O.O=S(=O)(O)c1ccc2ccncc2c1. The van der Waals surface area contributed by atoms with E-state index in [1.165, 1.54) is 49.7 Å². The average molecular weight is 637 g/mol. The highest BCUT2D eigenvalue weighted by Crippen LogP contribution is 2.37. The van der Waals surface area contributed by atoms with E-state index in [1.54, 1.807) is 51.7 Å². The molecule has 9 nitrogen and oxygen atoms in total. The summed E-state index contributed by atoms with van der Waals surface area (Å²) in [6.07, 6.45) is 8.19. The van der Waals surface area contributed by atoms with Crippen molar-refractivity contribution in [3.8, 4) is 0 Å². The minimum absolute atomic E-state index is 0.113. The molecule has 0 radical (unpaired) electrons. The number of aliphatic hydroxyl groups excluding tert-OH is 1. The number of hydrogen-bond donors (Lipinski definition) is 2. The molecule has 10 heteroatoms. The van der Waals surface area contributed by atoms with Crippen molar-refractivity contribution in [1.29, 1.82) is 0 Å². The summed E-state index contributed by atoms with van der Waals surface area (Å²) in [6, 6.07) is 25.8. The lowest BCUT2D eigenvalue weighted by molar-refractivity contribution is -0.115. The first-order chi connectivity index (χ1) is 22.0. The van der Waals surface area contributed by atoms with Crippen molar-refractivity contribution in [2.45, 2.75) is 43.1 Å². The Morgan fingerprint density at radius 3 is 2.37 bits per heavy atom. The number of benzene rings is 4. The van der Waals surface area contributed by atoms with Gasteiger partial charge in [0.1, 0.15) is 6.10 Å². The van der Waals surface area contributed by atoms with Gasteiger partial charge in [0, 0.05) is 49.7 Å². The molecule has 0 bridgehead atoms. The number of amides is 1. The molecule has 4 aromatic carbocycles. The number of carbonyl (C=O) groups excluding carboxylic acids is 1. The number of rotatable bonds is 4. The van der Waals surface area contributed by atoms with Gasteiger partial charge in [0.15, 0.2) is 5.82 Å². The van der Waals surface area contributed by atoms with Gasteiger partial charge in [0.2, 0.25) is 6.41 Å². The molecule has 2 heterocycles. The van der Waals surface area contributed by atoms with E-state index in [0.717, 1.165) is 36.8 Å². The van der Waals surface area contributed by atoms with Gasteiger partial charge >= 0.3 is 0 Å². The maximum atomic E-state index is 10.8. The molecular formula is C36H36N4O5S. The van der Waals surface area contributed by atoms with Gasteiger partial charge in [-0.2, -0.15) is 8.42 Å². The third-order valence-electron chi connectivity index (χ3n) is 7.95. The Morgan fingerprint density at radius 1 is 0.891 bits per heavy atom. The molecule has 2 N–H and O–H groups in total. The molecule has 0 aliphatic heterocycles. The van der Waals surface area contributed by atoms with Crippen LogP contribution in [0.4, 0.5) is 0 Å². The second-order valence-corrected chi connectivity index (χ2v) is 12.9. The quantitative estimate of drug-likeness (QED) is 0.131. The molecule has 0 spiro atoms. The zero-order valence-corrected chi connectivity index (χ0v) is 26.7. The van der Waals surface area contributed by atoms with Crippen molar-refractivity contribution in [3.63, 3.8) is 0 Å². The van der Waals surface area contributed by atoms with Crippen molar-refractivity contribution in [2.24, 2.45) is 0 Å². The van der Waals surface area contributed by atoms with E-state index in [0.29, 0.717) is 17.1 Å². The highest BCUT2D eigenvalue weighted by atomic mass is 32.2. The first-order valence-corrected chi connectivity index (χ1v) is 16.3. The Morgan fingerprint density at radius 2 is 1.63 bits per heavy atom. The first-order valence-electron chi connectivity index (χ1n) is 14.9. The highest BCUT2D eigenvalue weighted by molar-refractivity contribution is 7.85. The van der Waals surface area contributed by atoms with Gasteiger partial charge in [0.25, 0.3) is 10.1 Å². The maximum Gasteiger partial charge on any atom is 0.294 e. The molecule has 1 aliphatic carbocycles. The Labute approximate surface area is 268 Å². The fourth-order valence-corrected chi connectivity index (χ4v) is 6.18. The van der Waals surface area contributed by atoms with Crippen molar-refractivity contribution >= 4 is 48.8 Å². The van der Waals surface area contributed by atoms with Gasteiger partial charge in [-0.15, -0.1) is 0 Å². The minimum Gasteiger partial charge on any atom is -0.385 e. The van der Waals surface area contributed by atoms with E-state index >= 15 is 0 Å². The van der Waals surface area contributed by atoms with Gasteiger partial charge in [-0.1, -0.05) is 54.6 Å². The van der Waals surface area contributed by atoms with Gasteiger partial charge < -0.3 is 10.0 Å². The fraction of sp³-hybridized carbons (Fsp3) is 0.222. The predicted octanol–water partition coefficient (Wildman–Crippen LogP) is 6.29. The summed E-state index contributed by atoms with van der Waals surface area (Å²) in [5.41, 5.74) is 3.95. The molecule has 2 atom stereocenters. The summed E-state index contributed by atoms with van der Waals surface area (Å²) >= 11 is 0. The van der Waals surface area contributed by atoms with Crippen molar-refractivity contribution in [3.05, 3.63) is 120 Å². The lowest BCUT2D eigenvalue weighted by Crippen LogP contribution is -2.15. The molecule has 7 rings (SSSR count). The molecule has 1 amide bonds. The third kappa shape index (κ3) is 7.54. The molecule has 0 fully saturated rings. The van der Waals surface area contributed by atoms with Crippen LogP contribution < -0.4 is 0 Å². The summed E-state index contributed by atoms with van der Waals surface area (Å²) in [5, 5.41) is 16.7. The number of carbonyl (C=O) groups is 1. The minimum atomic E-state index is -4.12. The number of nitrogens with zero attached hydrogens (tertiary/aromatic N) is 4. The lowest BCUT2D eigenvalue weighted by Gasteiger charge is -2.26. The topological polar surface area (TPSA) is 134 Å². The van der Waals surface area contributed by atoms with E-state index in [2.05, 4.69) is 63.5 Å². The van der Waals surface area contributed by atoms with Crippen molar-refractivity contribution in [1.82, 2.24) is 19.9 Å². The number of pyridine rings is 1.